The van der Waals surface area contributed by atoms with Gasteiger partial charge in [-0.3, -0.25) is 28.7 Å². The van der Waals surface area contributed by atoms with Crippen molar-refractivity contribution in [3.63, 3.8) is 0 Å². The Morgan fingerprint density at radius 1 is 0.892 bits per heavy atom. The van der Waals surface area contributed by atoms with E-state index < -0.39 is 79.1 Å². The molecule has 2 fully saturated rings. The number of aromatic nitrogens is 6. The van der Waals surface area contributed by atoms with Gasteiger partial charge in [0, 0.05) is 12.3 Å². The first-order valence-electron chi connectivity index (χ1n) is 10.9. The van der Waals surface area contributed by atoms with Crippen LogP contribution in [0.15, 0.2) is 33.0 Å². The molecule has 10 N–H and O–H groups in total. The van der Waals surface area contributed by atoms with E-state index in [9.17, 15) is 34.8 Å². The van der Waals surface area contributed by atoms with Gasteiger partial charge in [0.15, 0.2) is 23.6 Å². The summed E-state index contributed by atoms with van der Waals surface area (Å²) in [7, 11) is 0. The Labute approximate surface area is 204 Å². The third-order valence-corrected chi connectivity index (χ3v) is 5.88. The fourth-order valence-corrected chi connectivity index (χ4v) is 3.98. The summed E-state index contributed by atoms with van der Waals surface area (Å²) in [5.41, 5.74) is 3.79. The van der Waals surface area contributed by atoms with Crippen LogP contribution in [-0.2, 0) is 9.47 Å². The monoisotopic (exact) mass is 527 g/mol. The Balaban J connectivity index is 0.000000176. The molecule has 0 amide bonds. The number of hydrogen-bond acceptors (Lipinski definition) is 14. The van der Waals surface area contributed by atoms with Crippen LogP contribution in [0.5, 0.6) is 0 Å². The number of anilines is 1. The SMILES string of the molecule is Nc1nc2c(ncn2[C@@H]2O[C@H](CO)[C@@H](O)[C@H]2O)c(=O)[nH]1.O=c1ccn([C@@H]2O[C@H](CO)[C@@H](O)[C@H]2O)c(=O)[nH]1. The molecule has 5 heterocycles. The highest BCUT2D eigenvalue weighted by atomic mass is 16.6. The highest BCUT2D eigenvalue weighted by Gasteiger charge is 2.44. The van der Waals surface area contributed by atoms with Crippen LogP contribution < -0.4 is 22.5 Å². The van der Waals surface area contributed by atoms with E-state index >= 15 is 0 Å². The molecule has 0 saturated carbocycles. The van der Waals surface area contributed by atoms with E-state index in [0.29, 0.717) is 0 Å². The van der Waals surface area contributed by atoms with Crippen molar-refractivity contribution < 1.29 is 40.1 Å². The lowest BCUT2D eigenvalue weighted by atomic mass is 10.1. The molecule has 18 nitrogen and oxygen atoms in total. The minimum atomic E-state index is -1.35. The average molecular weight is 527 g/mol. The van der Waals surface area contributed by atoms with Crippen LogP contribution in [0.25, 0.3) is 11.2 Å². The van der Waals surface area contributed by atoms with Crippen LogP contribution in [0, 0.1) is 0 Å². The molecule has 0 aliphatic carbocycles. The molecule has 2 aliphatic rings. The number of nitrogens with one attached hydrogen (secondary N) is 2. The van der Waals surface area contributed by atoms with Gasteiger partial charge >= 0.3 is 5.69 Å². The highest BCUT2D eigenvalue weighted by Crippen LogP contribution is 2.31. The summed E-state index contributed by atoms with van der Waals surface area (Å²) in [5, 5.41) is 56.8. The average Bonchev–Trinajstić information content (AvgIpc) is 3.49. The van der Waals surface area contributed by atoms with E-state index in [1.807, 2.05) is 4.98 Å². The lowest BCUT2D eigenvalue weighted by Gasteiger charge is -2.16. The number of rotatable bonds is 4. The molecule has 0 aromatic carbocycles. The zero-order valence-electron chi connectivity index (χ0n) is 18.9. The van der Waals surface area contributed by atoms with E-state index in [-0.39, 0.29) is 17.1 Å². The molecular formula is C19H25N7O11. The number of ether oxygens (including phenoxy) is 2. The quantitative estimate of drug-likeness (QED) is 0.153. The van der Waals surface area contributed by atoms with Gasteiger partial charge in [0.2, 0.25) is 5.95 Å². The van der Waals surface area contributed by atoms with Crippen LogP contribution in [0.1, 0.15) is 12.5 Å². The van der Waals surface area contributed by atoms with Gasteiger partial charge in [0.25, 0.3) is 11.1 Å². The van der Waals surface area contributed by atoms with Gasteiger partial charge in [-0.15, -0.1) is 0 Å². The first-order chi connectivity index (χ1) is 17.6. The first-order valence-corrected chi connectivity index (χ1v) is 10.9. The Morgan fingerprint density at radius 3 is 1.97 bits per heavy atom. The molecule has 5 rings (SSSR count). The van der Waals surface area contributed by atoms with Crippen molar-refractivity contribution in [1.82, 2.24) is 29.1 Å². The van der Waals surface area contributed by atoms with Crippen molar-refractivity contribution in [1.29, 1.82) is 0 Å². The number of fused-ring (bicyclic) bond motifs is 1. The maximum Gasteiger partial charge on any atom is 0.330 e. The van der Waals surface area contributed by atoms with Crippen LogP contribution in [0.2, 0.25) is 0 Å². The van der Waals surface area contributed by atoms with Crippen molar-refractivity contribution in [2.75, 3.05) is 18.9 Å². The Morgan fingerprint density at radius 2 is 1.46 bits per heavy atom. The summed E-state index contributed by atoms with van der Waals surface area (Å²) in [6.45, 7) is -0.926. The fraction of sp³-hybridized carbons (Fsp3) is 0.526. The molecule has 8 atom stereocenters. The minimum Gasteiger partial charge on any atom is -0.394 e. The normalized spacial score (nSPS) is 31.4. The van der Waals surface area contributed by atoms with Crippen LogP contribution in [-0.4, -0.2) is 110 Å². The predicted octanol–water partition coefficient (Wildman–Crippen LogP) is -5.54. The van der Waals surface area contributed by atoms with E-state index in [0.717, 1.165) is 16.8 Å². The Hall–Kier alpha value is -3.49. The number of aromatic amines is 2. The summed E-state index contributed by atoms with van der Waals surface area (Å²) < 4.78 is 12.7. The fourth-order valence-electron chi connectivity index (χ4n) is 3.98. The van der Waals surface area contributed by atoms with Gasteiger partial charge in [-0.25, -0.2) is 9.78 Å². The summed E-state index contributed by atoms with van der Waals surface area (Å²) >= 11 is 0. The maximum absolute atomic E-state index is 11.7. The third kappa shape index (κ3) is 4.91. The topological polar surface area (TPSA) is 284 Å². The molecule has 3 aromatic rings. The molecule has 0 bridgehead atoms. The number of aliphatic hydroxyl groups excluding tert-OH is 6. The molecule has 0 unspecified atom stereocenters. The van der Waals surface area contributed by atoms with Crippen LogP contribution in [0.3, 0.4) is 0 Å². The number of nitrogens with zero attached hydrogens (tertiary/aromatic N) is 4. The zero-order valence-corrected chi connectivity index (χ0v) is 18.9. The number of imidazole rings is 1. The second kappa shape index (κ2) is 10.5. The summed E-state index contributed by atoms with van der Waals surface area (Å²) in [6, 6.07) is 1.09. The molecular weight excluding hydrogens is 502 g/mol. The number of nitrogens with two attached hydrogens (primary N) is 1. The summed E-state index contributed by atoms with van der Waals surface area (Å²) in [4.78, 5) is 46.1. The van der Waals surface area contributed by atoms with Gasteiger partial charge in [0.1, 0.15) is 36.6 Å². The number of H-pyrrole nitrogens is 2. The second-order valence-electron chi connectivity index (χ2n) is 8.25. The maximum atomic E-state index is 11.7. The van der Waals surface area contributed by atoms with Crippen LogP contribution in [0.4, 0.5) is 5.95 Å². The van der Waals surface area contributed by atoms with Crippen molar-refractivity contribution in [3.8, 4) is 0 Å². The smallest absolute Gasteiger partial charge is 0.330 e. The van der Waals surface area contributed by atoms with Gasteiger partial charge < -0.3 is 45.8 Å². The van der Waals surface area contributed by atoms with Crippen molar-refractivity contribution in [2.45, 2.75) is 49.1 Å². The molecule has 18 heteroatoms. The molecule has 0 spiro atoms. The predicted molar refractivity (Wildman–Crippen MR) is 120 cm³/mol. The molecule has 2 saturated heterocycles. The second-order valence-corrected chi connectivity index (χ2v) is 8.25. The molecule has 37 heavy (non-hydrogen) atoms. The van der Waals surface area contributed by atoms with E-state index in [1.165, 1.54) is 10.9 Å². The van der Waals surface area contributed by atoms with Crippen molar-refractivity contribution >= 4 is 17.1 Å². The Kier molecular flexibility index (Phi) is 7.52. The van der Waals surface area contributed by atoms with Crippen molar-refractivity contribution in [2.24, 2.45) is 0 Å². The molecule has 0 radical (unpaired) electrons. The lowest BCUT2D eigenvalue weighted by Crippen LogP contribution is -2.37. The molecule has 202 valence electrons. The Bertz CT molecular complexity index is 1420. The van der Waals surface area contributed by atoms with E-state index in [4.69, 9.17) is 25.4 Å². The van der Waals surface area contributed by atoms with Gasteiger partial charge in [-0.1, -0.05) is 0 Å². The lowest BCUT2D eigenvalue weighted by molar-refractivity contribution is -0.0550. The first kappa shape index (κ1) is 26.6. The highest BCUT2D eigenvalue weighted by molar-refractivity contribution is 5.70. The van der Waals surface area contributed by atoms with E-state index in [2.05, 4.69) is 15.0 Å². The number of aliphatic hydroxyl groups is 6. The minimum absolute atomic E-state index is 0.0388. The zero-order chi connectivity index (χ0) is 27.0. The summed E-state index contributed by atoms with van der Waals surface area (Å²) in [6.07, 6.45) is -6.80. The summed E-state index contributed by atoms with van der Waals surface area (Å²) in [5.74, 6) is -0.101. The standard InChI is InChI=1S/C10H13N5O5.C9H12N2O6/c11-10-13-7-4(8(19)14-10)12-2-15(7)9-6(18)5(17)3(1-16)20-9;12-3-4-6(14)7(15)8(17-4)11-2-1-5(13)10-9(11)16/h2-3,5-6,9,16-18H,1H2,(H3,11,13,14,19);1-2,4,6-8,12,14-15H,3H2,(H,10,13,16)/t3-,5-,6-,9-;4-,6-,7-,8-/m11/s1. The third-order valence-electron chi connectivity index (χ3n) is 5.88. The van der Waals surface area contributed by atoms with Gasteiger partial charge in [-0.05, 0) is 0 Å². The van der Waals surface area contributed by atoms with E-state index in [1.54, 1.807) is 0 Å². The van der Waals surface area contributed by atoms with Gasteiger partial charge in [0.05, 0.1) is 19.5 Å². The van der Waals surface area contributed by atoms with Crippen molar-refractivity contribution in [3.05, 3.63) is 49.8 Å². The molecule has 3 aromatic heterocycles. The van der Waals surface area contributed by atoms with Gasteiger partial charge in [-0.2, -0.15) is 4.98 Å². The van der Waals surface area contributed by atoms with Crippen LogP contribution >= 0.6 is 0 Å². The largest absolute Gasteiger partial charge is 0.394 e. The number of hydrogen-bond donors (Lipinski definition) is 9. The number of nitrogen functional groups attached to an aromatic ring is 1. The molecule has 2 aliphatic heterocycles.